The second-order valence-electron chi connectivity index (χ2n) is 4.82. The maximum atomic E-state index is 11.8. The van der Waals surface area contributed by atoms with Gasteiger partial charge in [0.15, 0.2) is 6.23 Å². The van der Waals surface area contributed by atoms with Gasteiger partial charge in [-0.05, 0) is 6.42 Å². The van der Waals surface area contributed by atoms with E-state index < -0.39 is 41.7 Å². The van der Waals surface area contributed by atoms with Crippen LogP contribution in [-0.2, 0) is 4.74 Å². The molecule has 0 unspecified atom stereocenters. The zero-order valence-corrected chi connectivity index (χ0v) is 9.89. The Kier molecular flexibility index (Phi) is 2.82. The van der Waals surface area contributed by atoms with Crippen LogP contribution in [0.1, 0.15) is 24.3 Å². The monoisotopic (exact) mass is 270 g/mol. The highest BCUT2D eigenvalue weighted by molar-refractivity contribution is 5.18. The highest BCUT2D eigenvalue weighted by atomic mass is 16.6. The molecule has 3 rings (SSSR count). The fourth-order valence-electron chi connectivity index (χ4n) is 2.92. The summed E-state index contributed by atoms with van der Waals surface area (Å²) >= 11 is 0. The van der Waals surface area contributed by atoms with E-state index in [1.54, 1.807) is 0 Å². The third kappa shape index (κ3) is 1.68. The minimum absolute atomic E-state index is 0.182. The van der Waals surface area contributed by atoms with Crippen LogP contribution in [-0.4, -0.2) is 49.8 Å². The van der Waals surface area contributed by atoms with Gasteiger partial charge in [0.2, 0.25) is 0 Å². The van der Waals surface area contributed by atoms with Crippen molar-refractivity contribution in [3.63, 3.8) is 0 Å². The van der Waals surface area contributed by atoms with Crippen molar-refractivity contribution in [1.82, 2.24) is 9.55 Å². The molecule has 104 valence electrons. The number of aliphatic hydroxyl groups excluding tert-OH is 3. The van der Waals surface area contributed by atoms with Crippen LogP contribution in [0.15, 0.2) is 15.7 Å². The van der Waals surface area contributed by atoms with Crippen LogP contribution in [0.2, 0.25) is 0 Å². The summed E-state index contributed by atoms with van der Waals surface area (Å²) in [5.74, 6) is -0.511. The number of rotatable bonds is 2. The van der Waals surface area contributed by atoms with E-state index in [2.05, 4.69) is 4.98 Å². The maximum Gasteiger partial charge on any atom is 0.330 e. The van der Waals surface area contributed by atoms with E-state index in [4.69, 9.17) is 9.84 Å². The Morgan fingerprint density at radius 1 is 1.32 bits per heavy atom. The van der Waals surface area contributed by atoms with Crippen molar-refractivity contribution < 1.29 is 20.1 Å². The predicted molar refractivity (Wildman–Crippen MR) is 61.7 cm³/mol. The third-order valence-electron chi connectivity index (χ3n) is 3.75. The largest absolute Gasteiger partial charge is 0.396 e. The maximum absolute atomic E-state index is 11.8. The first kappa shape index (κ1) is 12.5. The number of nitrogens with zero attached hydrogens (tertiary/aromatic N) is 1. The van der Waals surface area contributed by atoms with E-state index in [0.29, 0.717) is 5.69 Å². The smallest absolute Gasteiger partial charge is 0.330 e. The average Bonchev–Trinajstić information content (AvgIpc) is 2.60. The summed E-state index contributed by atoms with van der Waals surface area (Å²) in [4.78, 5) is 25.4. The number of ether oxygens (including phenoxy) is 1. The molecule has 4 N–H and O–H groups in total. The minimum Gasteiger partial charge on any atom is -0.396 e. The molecule has 2 aliphatic rings. The van der Waals surface area contributed by atoms with E-state index in [1.165, 1.54) is 6.07 Å². The van der Waals surface area contributed by atoms with Gasteiger partial charge < -0.3 is 20.1 Å². The average molecular weight is 270 g/mol. The molecule has 8 heteroatoms. The topological polar surface area (TPSA) is 125 Å². The summed E-state index contributed by atoms with van der Waals surface area (Å²) in [6.07, 6.45) is -3.90. The summed E-state index contributed by atoms with van der Waals surface area (Å²) in [6, 6.07) is 1.25. The number of hydrogen-bond acceptors (Lipinski definition) is 6. The van der Waals surface area contributed by atoms with Crippen molar-refractivity contribution in [2.24, 2.45) is 0 Å². The Balaban J connectivity index is 2.22. The molecule has 0 radical (unpaired) electrons. The molecule has 0 aliphatic carbocycles. The van der Waals surface area contributed by atoms with Gasteiger partial charge in [-0.2, -0.15) is 0 Å². The van der Waals surface area contributed by atoms with Crippen molar-refractivity contribution in [2.45, 2.75) is 36.9 Å². The second kappa shape index (κ2) is 4.27. The molecule has 1 aromatic heterocycles. The number of aliphatic hydroxyl groups is 3. The van der Waals surface area contributed by atoms with Gasteiger partial charge in [-0.3, -0.25) is 14.3 Å². The fraction of sp³-hybridized carbons (Fsp3) is 0.636. The van der Waals surface area contributed by atoms with Crippen LogP contribution in [0.5, 0.6) is 0 Å². The Bertz CT molecular complexity index is 608. The molecule has 0 amide bonds. The molecule has 0 aromatic carbocycles. The Labute approximate surface area is 106 Å². The summed E-state index contributed by atoms with van der Waals surface area (Å²) in [6.45, 7) is -0.182. The van der Waals surface area contributed by atoms with Crippen molar-refractivity contribution in [3.05, 3.63) is 32.6 Å². The van der Waals surface area contributed by atoms with E-state index in [9.17, 15) is 19.8 Å². The molecule has 3 heterocycles. The zero-order valence-electron chi connectivity index (χ0n) is 9.89. The van der Waals surface area contributed by atoms with Crippen LogP contribution in [0.25, 0.3) is 0 Å². The van der Waals surface area contributed by atoms with Gasteiger partial charge >= 0.3 is 5.69 Å². The highest BCUT2D eigenvalue weighted by Gasteiger charge is 2.52. The van der Waals surface area contributed by atoms with Crippen LogP contribution in [0.3, 0.4) is 0 Å². The molecule has 1 saturated heterocycles. The fourth-order valence-corrected chi connectivity index (χ4v) is 2.92. The number of H-pyrrole nitrogens is 1. The standard InChI is InChI=1S/C11H14N2O6/c14-2-1-4-5-3-6(15)12-11(18)13(5)10-8(17)7(16)9(4)19-10/h3-4,7-10,14,16-17H,1-2H2,(H,12,15,18)/t4-,7+,8-,9-,10+/m1/s1. The van der Waals surface area contributed by atoms with Gasteiger partial charge in [0, 0.05) is 24.3 Å². The normalized spacial score (nSPS) is 36.3. The first-order chi connectivity index (χ1) is 9.04. The Morgan fingerprint density at radius 3 is 2.74 bits per heavy atom. The molecule has 8 nitrogen and oxygen atoms in total. The summed E-state index contributed by atoms with van der Waals surface area (Å²) in [7, 11) is 0. The third-order valence-corrected chi connectivity index (χ3v) is 3.75. The molecular weight excluding hydrogens is 256 g/mol. The number of aromatic amines is 1. The van der Waals surface area contributed by atoms with Gasteiger partial charge in [0.1, 0.15) is 12.2 Å². The Hall–Kier alpha value is -1.48. The molecular formula is C11H14N2O6. The lowest BCUT2D eigenvalue weighted by Crippen LogP contribution is -2.42. The summed E-state index contributed by atoms with van der Waals surface area (Å²) in [5.41, 5.74) is -0.869. The van der Waals surface area contributed by atoms with Gasteiger partial charge in [0.05, 0.1) is 6.10 Å². The first-order valence-corrected chi connectivity index (χ1v) is 6.03. The van der Waals surface area contributed by atoms with Crippen LogP contribution in [0, 0.1) is 0 Å². The summed E-state index contributed by atoms with van der Waals surface area (Å²) in [5, 5.41) is 28.9. The first-order valence-electron chi connectivity index (χ1n) is 6.03. The lowest BCUT2D eigenvalue weighted by atomic mass is 9.91. The van der Waals surface area contributed by atoms with E-state index in [-0.39, 0.29) is 13.0 Å². The lowest BCUT2D eigenvalue weighted by Gasteiger charge is -2.32. The number of nitrogens with one attached hydrogen (secondary N) is 1. The SMILES string of the molecule is O=c1cc2n(c(=O)[nH]1)[C@H]1O[C@@H]([C@@H](O)[C@H]1O)[C@@H]2CCO. The van der Waals surface area contributed by atoms with Gasteiger partial charge in [-0.15, -0.1) is 0 Å². The van der Waals surface area contributed by atoms with E-state index in [1.807, 2.05) is 0 Å². The van der Waals surface area contributed by atoms with E-state index in [0.717, 1.165) is 4.57 Å². The molecule has 5 atom stereocenters. The number of fused-ring (bicyclic) bond motifs is 4. The molecule has 1 aromatic rings. The number of aromatic nitrogens is 2. The predicted octanol–water partition coefficient (Wildman–Crippen LogP) is -2.36. The van der Waals surface area contributed by atoms with Crippen LogP contribution >= 0.6 is 0 Å². The van der Waals surface area contributed by atoms with Crippen molar-refractivity contribution >= 4 is 0 Å². The molecule has 2 aliphatic heterocycles. The highest BCUT2D eigenvalue weighted by Crippen LogP contribution is 2.43. The zero-order chi connectivity index (χ0) is 13.7. The Morgan fingerprint density at radius 2 is 2.05 bits per heavy atom. The van der Waals surface area contributed by atoms with Crippen LogP contribution in [0.4, 0.5) is 0 Å². The van der Waals surface area contributed by atoms with Crippen molar-refractivity contribution in [3.8, 4) is 0 Å². The van der Waals surface area contributed by atoms with Crippen molar-refractivity contribution in [1.29, 1.82) is 0 Å². The molecule has 19 heavy (non-hydrogen) atoms. The van der Waals surface area contributed by atoms with E-state index >= 15 is 0 Å². The second-order valence-corrected chi connectivity index (χ2v) is 4.82. The molecule has 0 spiro atoms. The molecule has 1 fully saturated rings. The van der Waals surface area contributed by atoms with Gasteiger partial charge in [-0.25, -0.2) is 4.79 Å². The van der Waals surface area contributed by atoms with Crippen molar-refractivity contribution in [2.75, 3.05) is 6.61 Å². The number of hydrogen-bond donors (Lipinski definition) is 4. The molecule has 0 saturated carbocycles. The minimum atomic E-state index is -1.24. The van der Waals surface area contributed by atoms with Gasteiger partial charge in [0.25, 0.3) is 5.56 Å². The molecule has 2 bridgehead atoms. The quantitative estimate of drug-likeness (QED) is 0.476. The van der Waals surface area contributed by atoms with Gasteiger partial charge in [-0.1, -0.05) is 0 Å². The summed E-state index contributed by atoms with van der Waals surface area (Å²) < 4.78 is 6.60. The van der Waals surface area contributed by atoms with Crippen LogP contribution < -0.4 is 11.2 Å². The lowest BCUT2D eigenvalue weighted by molar-refractivity contribution is -0.0729.